The van der Waals surface area contributed by atoms with Crippen LogP contribution < -0.4 is 5.43 Å². The molecule has 0 saturated carbocycles. The molecule has 0 fully saturated rings. The number of pyridine rings is 1. The molecule has 2 heteroatoms. The Balaban J connectivity index is 0.000000371. The van der Waals surface area contributed by atoms with Crippen LogP contribution in [0.3, 0.4) is 0 Å². The van der Waals surface area contributed by atoms with E-state index >= 15 is 0 Å². The van der Waals surface area contributed by atoms with Gasteiger partial charge in [0.2, 0.25) is 0 Å². The van der Waals surface area contributed by atoms with Crippen molar-refractivity contribution in [1.82, 2.24) is 4.98 Å². The van der Waals surface area contributed by atoms with Crippen LogP contribution in [-0.2, 0) is 0 Å². The van der Waals surface area contributed by atoms with E-state index in [4.69, 9.17) is 0 Å². The van der Waals surface area contributed by atoms with Gasteiger partial charge >= 0.3 is 0 Å². The number of aromatic nitrogens is 1. The van der Waals surface area contributed by atoms with Crippen molar-refractivity contribution in [2.75, 3.05) is 0 Å². The molecule has 1 heterocycles. The van der Waals surface area contributed by atoms with Gasteiger partial charge in [0.25, 0.3) is 0 Å². The van der Waals surface area contributed by atoms with Gasteiger partial charge in [0.1, 0.15) is 0 Å². The van der Waals surface area contributed by atoms with E-state index in [0.29, 0.717) is 0 Å². The second-order valence-electron chi connectivity index (χ2n) is 1.69. The van der Waals surface area contributed by atoms with Gasteiger partial charge in [-0.15, -0.1) is 0 Å². The highest BCUT2D eigenvalue weighted by Gasteiger charge is 1.83. The fraction of sp³-hybridized carbons (Fsp3) is 0.375. The molecule has 0 aliphatic carbocycles. The average molecular weight is 139 g/mol. The second kappa shape index (κ2) is 4.79. The maximum Gasteiger partial charge on any atom is 0.184 e. The Hall–Kier alpha value is -1.05. The molecule has 0 bridgehead atoms. The molecule has 2 nitrogen and oxygen atoms in total. The first-order chi connectivity index (χ1) is 4.80. The zero-order valence-electron chi connectivity index (χ0n) is 6.64. The first-order valence-corrected chi connectivity index (χ1v) is 3.44. The number of hydrogen-bond donors (Lipinski definition) is 1. The highest BCUT2D eigenvalue weighted by molar-refractivity contribution is 5.05. The van der Waals surface area contributed by atoms with Crippen LogP contribution in [0.25, 0.3) is 0 Å². The highest BCUT2D eigenvalue weighted by Crippen LogP contribution is 1.79. The van der Waals surface area contributed by atoms with Gasteiger partial charge in [0, 0.05) is 24.0 Å². The van der Waals surface area contributed by atoms with Crippen LogP contribution in [0.15, 0.2) is 23.3 Å². The molecule has 1 aromatic heterocycles. The highest BCUT2D eigenvalue weighted by atomic mass is 16.1. The largest absolute Gasteiger partial charge is 0.367 e. The minimum atomic E-state index is 0.0868. The predicted molar refractivity (Wildman–Crippen MR) is 43.1 cm³/mol. The Morgan fingerprint density at radius 3 is 2.30 bits per heavy atom. The Bertz CT molecular complexity index is 227. The molecule has 0 radical (unpaired) electrons. The summed E-state index contributed by atoms with van der Waals surface area (Å²) >= 11 is 0. The van der Waals surface area contributed by atoms with E-state index in [-0.39, 0.29) is 5.43 Å². The molecule has 0 atom stereocenters. The summed E-state index contributed by atoms with van der Waals surface area (Å²) in [5.74, 6) is 0. The minimum Gasteiger partial charge on any atom is -0.367 e. The van der Waals surface area contributed by atoms with Crippen molar-refractivity contribution in [2.45, 2.75) is 20.8 Å². The summed E-state index contributed by atoms with van der Waals surface area (Å²) in [6.45, 7) is 5.78. The van der Waals surface area contributed by atoms with E-state index in [9.17, 15) is 4.79 Å². The quantitative estimate of drug-likeness (QED) is 0.583. The summed E-state index contributed by atoms with van der Waals surface area (Å²) in [7, 11) is 0. The predicted octanol–water partition coefficient (Wildman–Crippen LogP) is 1.71. The van der Waals surface area contributed by atoms with E-state index in [1.807, 2.05) is 13.8 Å². The summed E-state index contributed by atoms with van der Waals surface area (Å²) in [6.07, 6.45) is 3.30. The van der Waals surface area contributed by atoms with Gasteiger partial charge in [-0.05, 0) is 6.92 Å². The van der Waals surface area contributed by atoms with E-state index in [1.165, 1.54) is 6.07 Å². The van der Waals surface area contributed by atoms with Crippen molar-refractivity contribution < 1.29 is 0 Å². The molecule has 0 saturated heterocycles. The molecule has 1 N–H and O–H groups in total. The van der Waals surface area contributed by atoms with Crippen molar-refractivity contribution in [3.8, 4) is 0 Å². The van der Waals surface area contributed by atoms with E-state index in [0.717, 1.165) is 5.56 Å². The lowest BCUT2D eigenvalue weighted by molar-refractivity contribution is 1.23. The molecule has 56 valence electrons. The number of aryl methyl sites for hydroxylation is 1. The molecule has 1 aromatic rings. The van der Waals surface area contributed by atoms with Gasteiger partial charge in [0.05, 0.1) is 0 Å². The Morgan fingerprint density at radius 2 is 2.00 bits per heavy atom. The normalized spacial score (nSPS) is 7.90. The zero-order valence-corrected chi connectivity index (χ0v) is 6.64. The van der Waals surface area contributed by atoms with Crippen molar-refractivity contribution in [2.24, 2.45) is 0 Å². The lowest BCUT2D eigenvalue weighted by Crippen LogP contribution is -2.01. The van der Waals surface area contributed by atoms with Crippen LogP contribution >= 0.6 is 0 Å². The van der Waals surface area contributed by atoms with Crippen LogP contribution in [0.5, 0.6) is 0 Å². The lowest BCUT2D eigenvalue weighted by Gasteiger charge is -1.83. The first kappa shape index (κ1) is 8.95. The average Bonchev–Trinajstić information content (AvgIpc) is 2.00. The summed E-state index contributed by atoms with van der Waals surface area (Å²) in [5, 5.41) is 0. The molecule has 0 amide bonds. The van der Waals surface area contributed by atoms with Crippen molar-refractivity contribution >= 4 is 0 Å². The summed E-state index contributed by atoms with van der Waals surface area (Å²) in [4.78, 5) is 13.4. The van der Waals surface area contributed by atoms with Crippen LogP contribution in [0.2, 0.25) is 0 Å². The third-order valence-electron chi connectivity index (χ3n) is 1.02. The molecular formula is C8H13NO. The monoisotopic (exact) mass is 139 g/mol. The van der Waals surface area contributed by atoms with Crippen LogP contribution in [0.4, 0.5) is 0 Å². The van der Waals surface area contributed by atoms with Gasteiger partial charge in [-0.2, -0.15) is 0 Å². The van der Waals surface area contributed by atoms with Gasteiger partial charge < -0.3 is 4.98 Å². The third-order valence-corrected chi connectivity index (χ3v) is 1.02. The van der Waals surface area contributed by atoms with Crippen molar-refractivity contribution in [1.29, 1.82) is 0 Å². The summed E-state index contributed by atoms with van der Waals surface area (Å²) in [6, 6.07) is 1.51. The fourth-order valence-corrected chi connectivity index (χ4v) is 0.499. The maximum atomic E-state index is 10.6. The second-order valence-corrected chi connectivity index (χ2v) is 1.69. The molecule has 0 aliphatic heterocycles. The van der Waals surface area contributed by atoms with Gasteiger partial charge in [0.15, 0.2) is 5.43 Å². The van der Waals surface area contributed by atoms with E-state index in [1.54, 1.807) is 19.3 Å². The molecule has 0 unspecified atom stereocenters. The molecular weight excluding hydrogens is 126 g/mol. The zero-order chi connectivity index (χ0) is 7.98. The first-order valence-electron chi connectivity index (χ1n) is 3.44. The van der Waals surface area contributed by atoms with Gasteiger partial charge in [-0.3, -0.25) is 4.79 Å². The van der Waals surface area contributed by atoms with Crippen molar-refractivity contribution in [3.05, 3.63) is 34.2 Å². The number of H-pyrrole nitrogens is 1. The number of aromatic amines is 1. The molecule has 0 aliphatic rings. The third kappa shape index (κ3) is 2.49. The summed E-state index contributed by atoms with van der Waals surface area (Å²) < 4.78 is 0. The lowest BCUT2D eigenvalue weighted by atomic mass is 10.3. The minimum absolute atomic E-state index is 0.0868. The van der Waals surface area contributed by atoms with Crippen LogP contribution in [0, 0.1) is 6.92 Å². The SMILES string of the molecule is CC.Cc1c[nH]ccc1=O. The Morgan fingerprint density at radius 1 is 1.40 bits per heavy atom. The Labute approximate surface area is 60.9 Å². The standard InChI is InChI=1S/C6H7NO.C2H6/c1-5-4-7-3-2-6(5)8;1-2/h2-4H,1H3,(H,7,8);1-2H3. The topological polar surface area (TPSA) is 32.9 Å². The molecule has 1 rings (SSSR count). The fourth-order valence-electron chi connectivity index (χ4n) is 0.499. The maximum absolute atomic E-state index is 10.6. The van der Waals surface area contributed by atoms with Crippen molar-refractivity contribution in [3.63, 3.8) is 0 Å². The smallest absolute Gasteiger partial charge is 0.184 e. The number of rotatable bonds is 0. The molecule has 0 aromatic carbocycles. The Kier molecular flexibility index (Phi) is 4.29. The van der Waals surface area contributed by atoms with E-state index < -0.39 is 0 Å². The van der Waals surface area contributed by atoms with E-state index in [2.05, 4.69) is 4.98 Å². The molecule has 10 heavy (non-hydrogen) atoms. The molecule has 0 spiro atoms. The van der Waals surface area contributed by atoms with Crippen LogP contribution in [0.1, 0.15) is 19.4 Å². The summed E-state index contributed by atoms with van der Waals surface area (Å²) in [5.41, 5.74) is 0.844. The van der Waals surface area contributed by atoms with Gasteiger partial charge in [-0.1, -0.05) is 13.8 Å². The van der Waals surface area contributed by atoms with Gasteiger partial charge in [-0.25, -0.2) is 0 Å². The number of nitrogens with one attached hydrogen (secondary N) is 1. The van der Waals surface area contributed by atoms with Crippen LogP contribution in [-0.4, -0.2) is 4.98 Å². The number of hydrogen-bond acceptors (Lipinski definition) is 1.